The Morgan fingerprint density at radius 2 is 1.88 bits per heavy atom. The minimum absolute atomic E-state index is 0.246. The summed E-state index contributed by atoms with van der Waals surface area (Å²) in [6, 6.07) is 5.07. The molecule has 16 heavy (non-hydrogen) atoms. The highest BCUT2D eigenvalue weighted by atomic mass is 35.5. The third kappa shape index (κ3) is 2.55. The molecule has 1 aromatic heterocycles. The fraction of sp³-hybridized carbons (Fsp3) is 0. The molecule has 1 heterocycles. The number of halogens is 3. The van der Waals surface area contributed by atoms with Gasteiger partial charge in [0.2, 0.25) is 5.88 Å². The van der Waals surface area contributed by atoms with Crippen LogP contribution >= 0.6 is 34.8 Å². The van der Waals surface area contributed by atoms with Gasteiger partial charge in [0.05, 0.1) is 17.4 Å². The second kappa shape index (κ2) is 4.87. The lowest BCUT2D eigenvalue weighted by atomic mass is 10.3. The summed E-state index contributed by atoms with van der Waals surface area (Å²) < 4.78 is 5.40. The van der Waals surface area contributed by atoms with Gasteiger partial charge in [0.15, 0.2) is 5.15 Å². The fourth-order valence-electron chi connectivity index (χ4n) is 1.05. The number of aromatic nitrogens is 2. The van der Waals surface area contributed by atoms with Crippen LogP contribution in [0.25, 0.3) is 0 Å². The molecule has 0 spiro atoms. The van der Waals surface area contributed by atoms with Crippen molar-refractivity contribution in [2.45, 2.75) is 0 Å². The average molecular weight is 276 g/mol. The molecule has 6 heteroatoms. The Bertz CT molecular complexity index is 519. The smallest absolute Gasteiger partial charge is 0.239 e. The molecule has 0 saturated carbocycles. The zero-order chi connectivity index (χ0) is 11.5. The highest BCUT2D eigenvalue weighted by Crippen LogP contribution is 2.33. The largest absolute Gasteiger partial charge is 0.436 e. The van der Waals surface area contributed by atoms with Crippen molar-refractivity contribution in [3.05, 3.63) is 45.8 Å². The van der Waals surface area contributed by atoms with Crippen LogP contribution in [0.1, 0.15) is 0 Å². The number of hydrogen-bond acceptors (Lipinski definition) is 3. The average Bonchev–Trinajstić information content (AvgIpc) is 2.25. The molecule has 0 bridgehead atoms. The Morgan fingerprint density at radius 1 is 1.06 bits per heavy atom. The van der Waals surface area contributed by atoms with E-state index < -0.39 is 0 Å². The minimum Gasteiger partial charge on any atom is -0.436 e. The maximum atomic E-state index is 5.94. The van der Waals surface area contributed by atoms with Crippen molar-refractivity contribution in [3.63, 3.8) is 0 Å². The monoisotopic (exact) mass is 274 g/mol. The van der Waals surface area contributed by atoms with Crippen LogP contribution in [0.4, 0.5) is 0 Å². The first-order chi connectivity index (χ1) is 7.66. The normalized spacial score (nSPS) is 10.2. The Hall–Kier alpha value is -1.03. The van der Waals surface area contributed by atoms with Crippen molar-refractivity contribution in [2.75, 3.05) is 0 Å². The van der Waals surface area contributed by atoms with Gasteiger partial charge in [0, 0.05) is 0 Å². The number of rotatable bonds is 2. The Labute approximate surface area is 107 Å². The number of hydrogen-bond donors (Lipinski definition) is 0. The van der Waals surface area contributed by atoms with Crippen LogP contribution in [-0.2, 0) is 0 Å². The van der Waals surface area contributed by atoms with Crippen molar-refractivity contribution >= 4 is 34.8 Å². The van der Waals surface area contributed by atoms with Crippen LogP contribution in [0.2, 0.25) is 15.2 Å². The Balaban J connectivity index is 2.31. The number of ether oxygens (including phenoxy) is 1. The van der Waals surface area contributed by atoms with Gasteiger partial charge >= 0.3 is 0 Å². The molecule has 0 N–H and O–H groups in total. The molecule has 0 fully saturated rings. The lowest BCUT2D eigenvalue weighted by Crippen LogP contribution is -1.90. The Kier molecular flexibility index (Phi) is 3.49. The van der Waals surface area contributed by atoms with Crippen molar-refractivity contribution in [1.29, 1.82) is 0 Å². The highest BCUT2D eigenvalue weighted by molar-refractivity contribution is 6.42. The van der Waals surface area contributed by atoms with E-state index in [0.717, 1.165) is 0 Å². The molecule has 2 aromatic rings. The van der Waals surface area contributed by atoms with Gasteiger partial charge in [-0.2, -0.15) is 4.98 Å². The molecule has 0 aliphatic rings. The van der Waals surface area contributed by atoms with Crippen LogP contribution in [0.3, 0.4) is 0 Å². The second-order valence-corrected chi connectivity index (χ2v) is 4.01. The molecule has 0 radical (unpaired) electrons. The second-order valence-electron chi connectivity index (χ2n) is 2.83. The zero-order valence-corrected chi connectivity index (χ0v) is 10.1. The van der Waals surface area contributed by atoms with Crippen LogP contribution in [0, 0.1) is 0 Å². The van der Waals surface area contributed by atoms with Crippen LogP contribution in [0.5, 0.6) is 11.6 Å². The van der Waals surface area contributed by atoms with E-state index in [2.05, 4.69) is 9.97 Å². The van der Waals surface area contributed by atoms with Crippen molar-refractivity contribution in [1.82, 2.24) is 9.97 Å². The molecule has 3 nitrogen and oxygen atoms in total. The minimum atomic E-state index is 0.246. The lowest BCUT2D eigenvalue weighted by Gasteiger charge is -2.06. The van der Waals surface area contributed by atoms with E-state index in [1.54, 1.807) is 18.2 Å². The summed E-state index contributed by atoms with van der Waals surface area (Å²) >= 11 is 17.5. The lowest BCUT2D eigenvalue weighted by molar-refractivity contribution is 0.460. The van der Waals surface area contributed by atoms with E-state index in [-0.39, 0.29) is 11.0 Å². The standard InChI is InChI=1S/C10H5Cl3N2O/c11-6-2-1-3-7(10(6)13)16-9-5-14-4-8(12)15-9/h1-5H. The third-order valence-electron chi connectivity index (χ3n) is 1.71. The molecule has 0 aliphatic carbocycles. The van der Waals surface area contributed by atoms with Crippen molar-refractivity contribution in [3.8, 4) is 11.6 Å². The third-order valence-corrected chi connectivity index (χ3v) is 2.70. The van der Waals surface area contributed by atoms with E-state index in [1.165, 1.54) is 12.4 Å². The van der Waals surface area contributed by atoms with Gasteiger partial charge in [-0.1, -0.05) is 40.9 Å². The first kappa shape index (κ1) is 11.5. The summed E-state index contributed by atoms with van der Waals surface area (Å²) in [7, 11) is 0. The molecule has 0 saturated heterocycles. The van der Waals surface area contributed by atoms with Gasteiger partial charge in [0.1, 0.15) is 10.8 Å². The van der Waals surface area contributed by atoms with Crippen LogP contribution in [-0.4, -0.2) is 9.97 Å². The SMILES string of the molecule is Clc1cncc(Oc2cccc(Cl)c2Cl)n1. The fourth-order valence-corrected chi connectivity index (χ4v) is 1.52. The number of nitrogens with zero attached hydrogens (tertiary/aromatic N) is 2. The van der Waals surface area contributed by atoms with E-state index in [9.17, 15) is 0 Å². The van der Waals surface area contributed by atoms with Gasteiger partial charge in [-0.25, -0.2) is 0 Å². The summed E-state index contributed by atoms with van der Waals surface area (Å²) in [6.07, 6.45) is 2.84. The topological polar surface area (TPSA) is 35.0 Å². The summed E-state index contributed by atoms with van der Waals surface area (Å²) in [4.78, 5) is 7.76. The molecule has 1 aromatic carbocycles. The summed E-state index contributed by atoms with van der Waals surface area (Å²) in [6.45, 7) is 0. The summed E-state index contributed by atoms with van der Waals surface area (Å²) in [5.41, 5.74) is 0. The Morgan fingerprint density at radius 3 is 2.62 bits per heavy atom. The maximum Gasteiger partial charge on any atom is 0.239 e. The molecular weight excluding hydrogens is 270 g/mol. The molecule has 0 unspecified atom stereocenters. The molecule has 82 valence electrons. The van der Waals surface area contributed by atoms with Gasteiger partial charge in [-0.3, -0.25) is 4.98 Å². The van der Waals surface area contributed by atoms with Crippen LogP contribution in [0.15, 0.2) is 30.6 Å². The predicted molar refractivity (Wildman–Crippen MR) is 63.6 cm³/mol. The van der Waals surface area contributed by atoms with Crippen molar-refractivity contribution in [2.24, 2.45) is 0 Å². The molecule has 0 aliphatic heterocycles. The molecule has 0 atom stereocenters. The van der Waals surface area contributed by atoms with Crippen LogP contribution < -0.4 is 4.74 Å². The van der Waals surface area contributed by atoms with Gasteiger partial charge < -0.3 is 4.74 Å². The van der Waals surface area contributed by atoms with E-state index in [0.29, 0.717) is 15.8 Å². The van der Waals surface area contributed by atoms with Crippen molar-refractivity contribution < 1.29 is 4.74 Å². The molecular formula is C10H5Cl3N2O. The van der Waals surface area contributed by atoms with Gasteiger partial charge in [0.25, 0.3) is 0 Å². The molecule has 2 rings (SSSR count). The van der Waals surface area contributed by atoms with Gasteiger partial charge in [-0.15, -0.1) is 0 Å². The first-order valence-corrected chi connectivity index (χ1v) is 5.39. The predicted octanol–water partition coefficient (Wildman–Crippen LogP) is 4.23. The summed E-state index contributed by atoms with van der Waals surface area (Å²) in [5.74, 6) is 0.669. The highest BCUT2D eigenvalue weighted by Gasteiger charge is 2.07. The molecule has 0 amide bonds. The first-order valence-electron chi connectivity index (χ1n) is 4.26. The number of benzene rings is 1. The quantitative estimate of drug-likeness (QED) is 0.822. The van der Waals surface area contributed by atoms with E-state index in [4.69, 9.17) is 39.5 Å². The van der Waals surface area contributed by atoms with E-state index in [1.807, 2.05) is 0 Å². The summed E-state index contributed by atoms with van der Waals surface area (Å²) in [5, 5.41) is 0.982. The van der Waals surface area contributed by atoms with Gasteiger partial charge in [-0.05, 0) is 12.1 Å². The van der Waals surface area contributed by atoms with E-state index >= 15 is 0 Å². The zero-order valence-electron chi connectivity index (χ0n) is 7.82. The maximum absolute atomic E-state index is 5.94.